The monoisotopic (exact) mass is 340 g/mol. The number of alkyl halides is 2. The number of methoxy groups -OCH3 is 1. The van der Waals surface area contributed by atoms with Gasteiger partial charge >= 0.3 is 5.97 Å². The maximum absolute atomic E-state index is 12.7. The Morgan fingerprint density at radius 2 is 2.19 bits per heavy atom. The molecule has 0 fully saturated rings. The Kier molecular flexibility index (Phi) is 5.11. The van der Waals surface area contributed by atoms with Crippen LogP contribution in [0.1, 0.15) is 24.0 Å². The zero-order chi connectivity index (χ0) is 12.1. The standard InChI is InChI=1S/C11H11F2IO2/c1-16-10(15)5-3-7-2-4-8(14)6-9(7)11(12)13/h2,4,6,11H,3,5H2,1H3. The Morgan fingerprint density at radius 1 is 1.50 bits per heavy atom. The lowest BCUT2D eigenvalue weighted by molar-refractivity contribution is -0.140. The average Bonchev–Trinajstić information content (AvgIpc) is 2.26. The molecule has 1 aromatic rings. The van der Waals surface area contributed by atoms with Gasteiger partial charge in [0.1, 0.15) is 0 Å². The van der Waals surface area contributed by atoms with E-state index < -0.39 is 12.4 Å². The second-order valence-corrected chi connectivity index (χ2v) is 4.47. The summed E-state index contributed by atoms with van der Waals surface area (Å²) in [7, 11) is 1.28. The molecule has 0 saturated carbocycles. The van der Waals surface area contributed by atoms with Gasteiger partial charge < -0.3 is 4.74 Å². The minimum atomic E-state index is -2.51. The first kappa shape index (κ1) is 13.3. The van der Waals surface area contributed by atoms with E-state index in [0.29, 0.717) is 5.56 Å². The summed E-state index contributed by atoms with van der Waals surface area (Å²) in [6, 6.07) is 4.82. The minimum absolute atomic E-state index is 0.00389. The van der Waals surface area contributed by atoms with Crippen LogP contribution in [0.15, 0.2) is 18.2 Å². The molecule has 0 atom stereocenters. The summed E-state index contributed by atoms with van der Waals surface area (Å²) >= 11 is 1.98. The second kappa shape index (κ2) is 6.12. The predicted molar refractivity (Wildman–Crippen MR) is 64.5 cm³/mol. The van der Waals surface area contributed by atoms with E-state index in [2.05, 4.69) is 4.74 Å². The van der Waals surface area contributed by atoms with Crippen molar-refractivity contribution in [1.29, 1.82) is 0 Å². The summed E-state index contributed by atoms with van der Waals surface area (Å²) in [6.45, 7) is 0. The summed E-state index contributed by atoms with van der Waals surface area (Å²) in [5.41, 5.74) is 0.497. The van der Waals surface area contributed by atoms with E-state index >= 15 is 0 Å². The van der Waals surface area contributed by atoms with E-state index in [4.69, 9.17) is 0 Å². The van der Waals surface area contributed by atoms with Crippen molar-refractivity contribution in [2.45, 2.75) is 19.3 Å². The second-order valence-electron chi connectivity index (χ2n) is 3.22. The molecule has 0 saturated heterocycles. The maximum atomic E-state index is 12.7. The number of benzene rings is 1. The van der Waals surface area contributed by atoms with Gasteiger partial charge in [-0.05, 0) is 46.7 Å². The molecule has 1 rings (SSSR count). The molecule has 0 amide bonds. The largest absolute Gasteiger partial charge is 0.469 e. The third kappa shape index (κ3) is 3.70. The van der Waals surface area contributed by atoms with Gasteiger partial charge in [0.05, 0.1) is 7.11 Å². The van der Waals surface area contributed by atoms with Gasteiger partial charge in [0.25, 0.3) is 6.43 Å². The Bertz CT molecular complexity index is 380. The van der Waals surface area contributed by atoms with Crippen molar-refractivity contribution in [2.75, 3.05) is 7.11 Å². The molecule has 0 heterocycles. The number of esters is 1. The number of hydrogen-bond acceptors (Lipinski definition) is 2. The van der Waals surface area contributed by atoms with Crippen molar-refractivity contribution in [3.8, 4) is 0 Å². The number of ether oxygens (including phenoxy) is 1. The van der Waals surface area contributed by atoms with Crippen LogP contribution in [0.3, 0.4) is 0 Å². The highest BCUT2D eigenvalue weighted by Crippen LogP contribution is 2.25. The van der Waals surface area contributed by atoms with Gasteiger partial charge in [0.2, 0.25) is 0 Å². The topological polar surface area (TPSA) is 26.3 Å². The van der Waals surface area contributed by atoms with Crippen LogP contribution < -0.4 is 0 Å². The van der Waals surface area contributed by atoms with Gasteiger partial charge in [0.15, 0.2) is 0 Å². The van der Waals surface area contributed by atoms with Crippen LogP contribution in [0.25, 0.3) is 0 Å². The van der Waals surface area contributed by atoms with E-state index in [9.17, 15) is 13.6 Å². The van der Waals surface area contributed by atoms with E-state index in [1.807, 2.05) is 22.6 Å². The molecule has 0 unspecified atom stereocenters. The number of halogens is 3. The Morgan fingerprint density at radius 3 is 2.75 bits per heavy atom. The predicted octanol–water partition coefficient (Wildman–Crippen LogP) is 3.33. The van der Waals surface area contributed by atoms with Crippen LogP contribution in [-0.2, 0) is 16.0 Å². The van der Waals surface area contributed by atoms with Crippen molar-refractivity contribution in [3.63, 3.8) is 0 Å². The molecular weight excluding hydrogens is 329 g/mol. The minimum Gasteiger partial charge on any atom is -0.469 e. The van der Waals surface area contributed by atoms with Crippen LogP contribution in [0.5, 0.6) is 0 Å². The van der Waals surface area contributed by atoms with E-state index in [1.54, 1.807) is 12.1 Å². The molecule has 2 nitrogen and oxygen atoms in total. The fourth-order valence-electron chi connectivity index (χ4n) is 1.34. The highest BCUT2D eigenvalue weighted by Gasteiger charge is 2.14. The van der Waals surface area contributed by atoms with Crippen molar-refractivity contribution in [3.05, 3.63) is 32.9 Å². The summed E-state index contributed by atoms with van der Waals surface area (Å²) in [6.07, 6.45) is -2.11. The van der Waals surface area contributed by atoms with Gasteiger partial charge in [-0.2, -0.15) is 0 Å². The van der Waals surface area contributed by atoms with Crippen molar-refractivity contribution in [1.82, 2.24) is 0 Å². The van der Waals surface area contributed by atoms with Gasteiger partial charge in [-0.25, -0.2) is 8.78 Å². The molecule has 0 bridgehead atoms. The van der Waals surface area contributed by atoms with Crippen molar-refractivity contribution in [2.24, 2.45) is 0 Å². The zero-order valence-electron chi connectivity index (χ0n) is 8.67. The molecular formula is C11H11F2IO2. The lowest BCUT2D eigenvalue weighted by Gasteiger charge is -2.08. The summed E-state index contributed by atoms with van der Waals surface area (Å²) in [5.74, 6) is -0.390. The van der Waals surface area contributed by atoms with Crippen molar-refractivity contribution < 1.29 is 18.3 Å². The third-order valence-corrected chi connectivity index (χ3v) is 2.84. The highest BCUT2D eigenvalue weighted by atomic mass is 127. The SMILES string of the molecule is COC(=O)CCc1ccc(I)cc1C(F)F. The van der Waals surface area contributed by atoms with Gasteiger partial charge in [-0.1, -0.05) is 6.07 Å². The van der Waals surface area contributed by atoms with Crippen LogP contribution in [0, 0.1) is 3.57 Å². The summed E-state index contributed by atoms with van der Waals surface area (Å²) < 4.78 is 30.6. The van der Waals surface area contributed by atoms with E-state index in [-0.39, 0.29) is 18.4 Å². The molecule has 0 N–H and O–H groups in total. The number of carbonyl (C=O) groups is 1. The maximum Gasteiger partial charge on any atom is 0.305 e. The Labute approximate surface area is 106 Å². The van der Waals surface area contributed by atoms with Crippen LogP contribution in [0.2, 0.25) is 0 Å². The first-order valence-electron chi connectivity index (χ1n) is 4.68. The number of aryl methyl sites for hydroxylation is 1. The highest BCUT2D eigenvalue weighted by molar-refractivity contribution is 14.1. The molecule has 1 aromatic carbocycles. The smallest absolute Gasteiger partial charge is 0.305 e. The van der Waals surface area contributed by atoms with Crippen molar-refractivity contribution >= 4 is 28.6 Å². The summed E-state index contributed by atoms with van der Waals surface area (Å²) in [5, 5.41) is 0. The summed E-state index contributed by atoms with van der Waals surface area (Å²) in [4.78, 5) is 10.9. The van der Waals surface area contributed by atoms with Gasteiger partial charge in [0, 0.05) is 15.6 Å². The van der Waals surface area contributed by atoms with Gasteiger partial charge in [-0.15, -0.1) is 0 Å². The fourth-order valence-corrected chi connectivity index (χ4v) is 1.85. The Hall–Kier alpha value is -0.720. The molecule has 0 aliphatic rings. The Balaban J connectivity index is 2.82. The molecule has 0 aliphatic carbocycles. The van der Waals surface area contributed by atoms with Gasteiger partial charge in [-0.3, -0.25) is 4.79 Å². The first-order valence-corrected chi connectivity index (χ1v) is 5.75. The molecule has 0 aromatic heterocycles. The molecule has 5 heteroatoms. The quantitative estimate of drug-likeness (QED) is 0.621. The number of carbonyl (C=O) groups excluding carboxylic acids is 1. The number of rotatable bonds is 4. The molecule has 0 aliphatic heterocycles. The van der Waals surface area contributed by atoms with E-state index in [0.717, 1.165) is 3.57 Å². The third-order valence-electron chi connectivity index (χ3n) is 2.17. The fraction of sp³-hybridized carbons (Fsp3) is 0.364. The average molecular weight is 340 g/mol. The van der Waals surface area contributed by atoms with Crippen LogP contribution >= 0.6 is 22.6 Å². The number of hydrogen-bond donors (Lipinski definition) is 0. The van der Waals surface area contributed by atoms with Crippen LogP contribution in [-0.4, -0.2) is 13.1 Å². The normalized spacial score (nSPS) is 10.6. The molecule has 16 heavy (non-hydrogen) atoms. The first-order chi connectivity index (χ1) is 7.54. The lowest BCUT2D eigenvalue weighted by atomic mass is 10.0. The molecule has 0 spiro atoms. The molecule has 88 valence electrons. The molecule has 0 radical (unpaired) electrons. The van der Waals surface area contributed by atoms with E-state index in [1.165, 1.54) is 13.2 Å². The zero-order valence-corrected chi connectivity index (χ0v) is 10.8. The lowest BCUT2D eigenvalue weighted by Crippen LogP contribution is -2.04. The van der Waals surface area contributed by atoms with Crippen LogP contribution in [0.4, 0.5) is 8.78 Å².